The van der Waals surface area contributed by atoms with Crippen LogP contribution in [-0.4, -0.2) is 17.3 Å². The van der Waals surface area contributed by atoms with E-state index in [9.17, 15) is 5.11 Å². The van der Waals surface area contributed by atoms with Crippen LogP contribution in [0.25, 0.3) is 0 Å². The number of ether oxygens (including phenoxy) is 1. The molecule has 0 aromatic heterocycles. The Hall–Kier alpha value is 0.1000. The van der Waals surface area contributed by atoms with E-state index in [1.807, 2.05) is 18.2 Å². The Morgan fingerprint density at radius 3 is 2.43 bits per heavy atom. The van der Waals surface area contributed by atoms with E-state index in [0.29, 0.717) is 5.92 Å². The number of aliphatic hydroxyl groups is 1. The molecule has 1 aromatic carbocycles. The molecule has 4 heteroatoms. The summed E-state index contributed by atoms with van der Waals surface area (Å²) in [6, 6.07) is 6.06. The molecular formula is C17H22Br2O2. The Kier molecular flexibility index (Phi) is 5.09. The highest BCUT2D eigenvalue weighted by Crippen LogP contribution is 2.44. The van der Waals surface area contributed by atoms with Crippen molar-refractivity contribution in [3.8, 4) is 0 Å². The molecule has 1 N–H and O–H groups in total. The monoisotopic (exact) mass is 416 g/mol. The maximum absolute atomic E-state index is 10.8. The van der Waals surface area contributed by atoms with Crippen molar-refractivity contribution in [3.63, 3.8) is 0 Å². The second-order valence-corrected chi connectivity index (χ2v) is 8.32. The molecule has 1 aromatic rings. The minimum absolute atomic E-state index is 0.0470. The molecule has 2 atom stereocenters. The van der Waals surface area contributed by atoms with E-state index < -0.39 is 6.10 Å². The number of benzene rings is 1. The van der Waals surface area contributed by atoms with Crippen LogP contribution >= 0.6 is 31.9 Å². The molecule has 0 radical (unpaired) electrons. The lowest BCUT2D eigenvalue weighted by Gasteiger charge is -2.44. The van der Waals surface area contributed by atoms with Crippen LogP contribution in [0, 0.1) is 5.92 Å². The Morgan fingerprint density at radius 2 is 1.76 bits per heavy atom. The Labute approximate surface area is 143 Å². The van der Waals surface area contributed by atoms with Gasteiger partial charge in [-0.1, -0.05) is 51.1 Å². The van der Waals surface area contributed by atoms with Gasteiger partial charge in [0.15, 0.2) is 0 Å². The lowest BCUT2D eigenvalue weighted by Crippen LogP contribution is -2.42. The highest BCUT2D eigenvalue weighted by molar-refractivity contribution is 9.11. The molecule has 1 aliphatic heterocycles. The molecule has 1 aliphatic carbocycles. The number of aliphatic hydroxyl groups excluding tert-OH is 1. The van der Waals surface area contributed by atoms with E-state index in [1.54, 1.807) is 0 Å². The topological polar surface area (TPSA) is 29.5 Å². The molecule has 0 bridgehead atoms. The molecule has 1 spiro atoms. The predicted molar refractivity (Wildman–Crippen MR) is 91.3 cm³/mol. The van der Waals surface area contributed by atoms with Crippen molar-refractivity contribution in [3.05, 3.63) is 32.7 Å². The fourth-order valence-electron chi connectivity index (χ4n) is 3.90. The molecule has 21 heavy (non-hydrogen) atoms. The second kappa shape index (κ2) is 6.69. The number of halogens is 2. The predicted octanol–water partition coefficient (Wildman–Crippen LogP) is 5.37. The van der Waals surface area contributed by atoms with Gasteiger partial charge in [-0.3, -0.25) is 0 Å². The van der Waals surface area contributed by atoms with Crippen LogP contribution in [0.5, 0.6) is 0 Å². The van der Waals surface area contributed by atoms with E-state index >= 15 is 0 Å². The summed E-state index contributed by atoms with van der Waals surface area (Å²) < 4.78 is 8.15. The van der Waals surface area contributed by atoms with Crippen LogP contribution in [0.2, 0.25) is 0 Å². The smallest absolute Gasteiger partial charge is 0.0820 e. The minimum Gasteiger partial charge on any atom is -0.388 e. The van der Waals surface area contributed by atoms with Crippen LogP contribution < -0.4 is 0 Å². The van der Waals surface area contributed by atoms with Gasteiger partial charge >= 0.3 is 0 Å². The van der Waals surface area contributed by atoms with Gasteiger partial charge in [-0.25, -0.2) is 0 Å². The van der Waals surface area contributed by atoms with Crippen molar-refractivity contribution in [1.82, 2.24) is 0 Å². The molecule has 2 fully saturated rings. The first kappa shape index (κ1) is 16.0. The van der Waals surface area contributed by atoms with Gasteiger partial charge in [0.25, 0.3) is 0 Å². The lowest BCUT2D eigenvalue weighted by atomic mass is 9.74. The summed E-state index contributed by atoms with van der Waals surface area (Å²) in [5, 5.41) is 10.8. The Morgan fingerprint density at radius 1 is 1.10 bits per heavy atom. The van der Waals surface area contributed by atoms with Gasteiger partial charge < -0.3 is 9.84 Å². The van der Waals surface area contributed by atoms with Crippen molar-refractivity contribution in [2.45, 2.75) is 56.7 Å². The quantitative estimate of drug-likeness (QED) is 0.700. The fraction of sp³-hybridized carbons (Fsp3) is 0.647. The Balaban J connectivity index is 1.76. The first-order chi connectivity index (χ1) is 10.1. The highest BCUT2D eigenvalue weighted by Gasteiger charge is 2.40. The fourth-order valence-corrected chi connectivity index (χ4v) is 5.23. The normalized spacial score (nSPS) is 26.7. The molecule has 2 aliphatic rings. The number of rotatable bonds is 2. The Bertz CT molecular complexity index is 472. The molecule has 0 amide bonds. The van der Waals surface area contributed by atoms with Gasteiger partial charge in [-0.2, -0.15) is 0 Å². The number of hydrogen-bond acceptors (Lipinski definition) is 2. The first-order valence-electron chi connectivity index (χ1n) is 7.86. The SMILES string of the molecule is OC(c1cc(Br)cc(Br)c1)C1CCOC2(CCCCC2)C1. The molecule has 3 rings (SSSR count). The highest BCUT2D eigenvalue weighted by atomic mass is 79.9. The van der Waals surface area contributed by atoms with Crippen molar-refractivity contribution in [1.29, 1.82) is 0 Å². The van der Waals surface area contributed by atoms with E-state index in [4.69, 9.17) is 4.74 Å². The van der Waals surface area contributed by atoms with E-state index in [1.165, 1.54) is 32.1 Å². The third-order valence-electron chi connectivity index (χ3n) is 4.97. The van der Waals surface area contributed by atoms with Crippen molar-refractivity contribution >= 4 is 31.9 Å². The van der Waals surface area contributed by atoms with Gasteiger partial charge in [-0.05, 0) is 55.4 Å². The average molecular weight is 418 g/mol. The summed E-state index contributed by atoms with van der Waals surface area (Å²) in [6.07, 6.45) is 7.75. The van der Waals surface area contributed by atoms with Gasteiger partial charge in [0.2, 0.25) is 0 Å². The zero-order valence-electron chi connectivity index (χ0n) is 12.2. The van der Waals surface area contributed by atoms with Gasteiger partial charge in [0.05, 0.1) is 11.7 Å². The first-order valence-corrected chi connectivity index (χ1v) is 9.45. The van der Waals surface area contributed by atoms with E-state index in [-0.39, 0.29) is 5.60 Å². The van der Waals surface area contributed by atoms with Crippen molar-refractivity contribution in [2.24, 2.45) is 5.92 Å². The zero-order valence-corrected chi connectivity index (χ0v) is 15.3. The standard InChI is InChI=1S/C17H22Br2O2/c18-14-8-13(9-15(19)10-14)16(20)12-4-7-21-17(11-12)5-2-1-3-6-17/h8-10,12,16,20H,1-7,11H2. The van der Waals surface area contributed by atoms with Crippen LogP contribution in [0.3, 0.4) is 0 Å². The van der Waals surface area contributed by atoms with E-state index in [0.717, 1.165) is 34.0 Å². The summed E-state index contributed by atoms with van der Waals surface area (Å²) in [6.45, 7) is 0.789. The summed E-state index contributed by atoms with van der Waals surface area (Å²) in [5.74, 6) is 0.304. The minimum atomic E-state index is -0.401. The van der Waals surface area contributed by atoms with Gasteiger partial charge in [0, 0.05) is 15.6 Å². The molecule has 1 saturated heterocycles. The van der Waals surface area contributed by atoms with Crippen LogP contribution in [-0.2, 0) is 4.74 Å². The molecule has 1 saturated carbocycles. The number of hydrogen-bond donors (Lipinski definition) is 1. The molecular weight excluding hydrogens is 396 g/mol. The molecule has 1 heterocycles. The largest absolute Gasteiger partial charge is 0.388 e. The van der Waals surface area contributed by atoms with Crippen LogP contribution in [0.15, 0.2) is 27.1 Å². The zero-order chi connectivity index (χ0) is 14.9. The summed E-state index contributed by atoms with van der Waals surface area (Å²) >= 11 is 7.02. The third kappa shape index (κ3) is 3.72. The van der Waals surface area contributed by atoms with Crippen molar-refractivity contribution in [2.75, 3.05) is 6.61 Å². The van der Waals surface area contributed by atoms with Crippen LogP contribution in [0.4, 0.5) is 0 Å². The molecule has 116 valence electrons. The average Bonchev–Trinajstić information content (AvgIpc) is 2.46. The summed E-state index contributed by atoms with van der Waals surface area (Å²) in [7, 11) is 0. The lowest BCUT2D eigenvalue weighted by molar-refractivity contribution is -0.134. The maximum Gasteiger partial charge on any atom is 0.0820 e. The van der Waals surface area contributed by atoms with Crippen LogP contribution in [0.1, 0.15) is 56.6 Å². The maximum atomic E-state index is 10.8. The molecule has 2 nitrogen and oxygen atoms in total. The van der Waals surface area contributed by atoms with E-state index in [2.05, 4.69) is 31.9 Å². The second-order valence-electron chi connectivity index (χ2n) is 6.49. The molecule has 2 unspecified atom stereocenters. The van der Waals surface area contributed by atoms with Crippen molar-refractivity contribution < 1.29 is 9.84 Å². The third-order valence-corrected chi connectivity index (χ3v) is 5.88. The summed E-state index contributed by atoms with van der Waals surface area (Å²) in [4.78, 5) is 0. The summed E-state index contributed by atoms with van der Waals surface area (Å²) in [5.41, 5.74) is 1.04. The van der Waals surface area contributed by atoms with Gasteiger partial charge in [0.1, 0.15) is 0 Å². The van der Waals surface area contributed by atoms with Gasteiger partial charge in [-0.15, -0.1) is 0 Å².